The highest BCUT2D eigenvalue weighted by Gasteiger charge is 2.25. The van der Waals surface area contributed by atoms with Crippen molar-refractivity contribution in [3.63, 3.8) is 0 Å². The number of rotatable bonds is 12. The maximum absolute atomic E-state index is 12.7. The number of likely N-dealkylation sites (N-methyl/N-ethyl adjacent to an activating group) is 1. The van der Waals surface area contributed by atoms with E-state index in [9.17, 15) is 19.6 Å². The Labute approximate surface area is 269 Å². The summed E-state index contributed by atoms with van der Waals surface area (Å²) in [6, 6.07) is 11.7. The van der Waals surface area contributed by atoms with Crippen LogP contribution in [0.25, 0.3) is 10.4 Å². The molecule has 244 valence electrons. The van der Waals surface area contributed by atoms with Crippen LogP contribution in [-0.4, -0.2) is 49.2 Å². The number of hydrogen-bond donors (Lipinski definition) is 1. The van der Waals surface area contributed by atoms with E-state index in [1.165, 1.54) is 6.92 Å². The first-order valence-corrected chi connectivity index (χ1v) is 16.6. The largest absolute Gasteiger partial charge is 0.460 e. The third-order valence-electron chi connectivity index (χ3n) is 6.96. The van der Waals surface area contributed by atoms with Crippen LogP contribution in [0.1, 0.15) is 98.4 Å². The van der Waals surface area contributed by atoms with Crippen molar-refractivity contribution in [3.8, 4) is 16.5 Å². The SMILES string of the molecule is CC.CC(=O)OC(C)(C)C.CCC(C)CCCOC(CC)C(=O)NC(C#N)Cc1ccc(-c2ccc3c(c2)N(C)C(=O)C3)s1. The summed E-state index contributed by atoms with van der Waals surface area (Å²) in [6.07, 6.45) is 4.11. The molecule has 1 N–H and O–H groups in total. The first-order chi connectivity index (χ1) is 20.8. The average Bonchev–Trinajstić information content (AvgIpc) is 3.55. The van der Waals surface area contributed by atoms with Crippen LogP contribution in [0.4, 0.5) is 5.69 Å². The van der Waals surface area contributed by atoms with Gasteiger partial charge in [0.1, 0.15) is 17.7 Å². The predicted molar refractivity (Wildman–Crippen MR) is 180 cm³/mol. The molecule has 0 spiro atoms. The van der Waals surface area contributed by atoms with E-state index in [0.717, 1.165) is 45.8 Å². The molecule has 0 aliphatic carbocycles. The molecule has 1 aromatic carbocycles. The molecule has 3 rings (SSSR count). The summed E-state index contributed by atoms with van der Waals surface area (Å²) >= 11 is 1.60. The number of benzene rings is 1. The van der Waals surface area contributed by atoms with Crippen LogP contribution in [-0.2, 0) is 36.7 Å². The summed E-state index contributed by atoms with van der Waals surface area (Å²) in [7, 11) is 1.80. The van der Waals surface area contributed by atoms with E-state index in [-0.39, 0.29) is 23.4 Å². The van der Waals surface area contributed by atoms with Gasteiger partial charge in [-0.3, -0.25) is 14.4 Å². The number of carbonyl (C=O) groups is 3. The molecule has 44 heavy (non-hydrogen) atoms. The Hall–Kier alpha value is -3.22. The van der Waals surface area contributed by atoms with Gasteiger partial charge in [0.15, 0.2) is 0 Å². The van der Waals surface area contributed by atoms with Gasteiger partial charge in [-0.25, -0.2) is 0 Å². The van der Waals surface area contributed by atoms with E-state index in [1.54, 1.807) is 23.3 Å². The number of thiophene rings is 1. The molecule has 1 aliphatic heterocycles. The summed E-state index contributed by atoms with van der Waals surface area (Å²) in [5.74, 6) is 0.325. The topological polar surface area (TPSA) is 109 Å². The molecule has 3 atom stereocenters. The van der Waals surface area contributed by atoms with Crippen molar-refractivity contribution in [1.29, 1.82) is 5.26 Å². The van der Waals surface area contributed by atoms with Crippen LogP contribution < -0.4 is 10.2 Å². The maximum atomic E-state index is 12.7. The zero-order chi connectivity index (χ0) is 33.4. The van der Waals surface area contributed by atoms with Gasteiger partial charge in [0.25, 0.3) is 0 Å². The fraction of sp³-hybridized carbons (Fsp3) is 0.600. The normalized spacial score (nSPS) is 14.1. The lowest BCUT2D eigenvalue weighted by Gasteiger charge is -2.18. The van der Waals surface area contributed by atoms with Crippen molar-refractivity contribution in [3.05, 3.63) is 40.8 Å². The maximum Gasteiger partial charge on any atom is 0.303 e. The number of carbonyl (C=O) groups excluding carboxylic acids is 3. The monoisotopic (exact) mass is 627 g/mol. The molecule has 0 radical (unpaired) electrons. The quantitative estimate of drug-likeness (QED) is 0.193. The zero-order valence-electron chi connectivity index (χ0n) is 28.4. The second-order valence-electron chi connectivity index (χ2n) is 11.8. The smallest absolute Gasteiger partial charge is 0.303 e. The Morgan fingerprint density at radius 1 is 1.14 bits per heavy atom. The van der Waals surface area contributed by atoms with Gasteiger partial charge in [0.2, 0.25) is 11.8 Å². The molecular formula is C35H53N3O5S. The average molecular weight is 628 g/mol. The van der Waals surface area contributed by atoms with Gasteiger partial charge in [-0.15, -0.1) is 11.3 Å². The van der Waals surface area contributed by atoms with Gasteiger partial charge >= 0.3 is 5.97 Å². The Morgan fingerprint density at radius 2 is 1.82 bits per heavy atom. The van der Waals surface area contributed by atoms with E-state index in [2.05, 4.69) is 25.2 Å². The molecule has 2 heterocycles. The van der Waals surface area contributed by atoms with Gasteiger partial charge in [-0.1, -0.05) is 53.2 Å². The third-order valence-corrected chi connectivity index (χ3v) is 8.11. The second kappa shape index (κ2) is 19.2. The number of amides is 2. The molecule has 0 saturated carbocycles. The minimum Gasteiger partial charge on any atom is -0.460 e. The molecule has 1 aromatic heterocycles. The minimum atomic E-state index is -0.611. The molecular weight excluding hydrogens is 574 g/mol. The van der Waals surface area contributed by atoms with Gasteiger partial charge in [-0.2, -0.15) is 5.26 Å². The number of hydrogen-bond acceptors (Lipinski definition) is 7. The number of ether oxygens (including phenoxy) is 2. The molecule has 9 heteroatoms. The minimum absolute atomic E-state index is 0.108. The fourth-order valence-corrected chi connectivity index (χ4v) is 5.55. The Balaban J connectivity index is 0.000000840. The van der Waals surface area contributed by atoms with Crippen molar-refractivity contribution < 1.29 is 23.9 Å². The van der Waals surface area contributed by atoms with Crippen molar-refractivity contribution in [2.24, 2.45) is 5.92 Å². The van der Waals surface area contributed by atoms with E-state index >= 15 is 0 Å². The molecule has 8 nitrogen and oxygen atoms in total. The predicted octanol–water partition coefficient (Wildman–Crippen LogP) is 7.48. The molecule has 0 bridgehead atoms. The first-order valence-electron chi connectivity index (χ1n) is 15.8. The van der Waals surface area contributed by atoms with Crippen LogP contribution in [0.2, 0.25) is 0 Å². The number of nitrogens with zero attached hydrogens (tertiary/aromatic N) is 2. The van der Waals surface area contributed by atoms with E-state index in [0.29, 0.717) is 31.8 Å². The van der Waals surface area contributed by atoms with Gasteiger partial charge in [0.05, 0.1) is 12.5 Å². The molecule has 2 amide bonds. The Kier molecular flexibility index (Phi) is 17.0. The summed E-state index contributed by atoms with van der Waals surface area (Å²) in [4.78, 5) is 38.7. The van der Waals surface area contributed by atoms with Crippen LogP contribution >= 0.6 is 11.3 Å². The summed E-state index contributed by atoms with van der Waals surface area (Å²) in [5, 5.41) is 12.5. The Morgan fingerprint density at radius 3 is 2.36 bits per heavy atom. The van der Waals surface area contributed by atoms with Crippen molar-refractivity contribution in [1.82, 2.24) is 5.32 Å². The lowest BCUT2D eigenvalue weighted by molar-refractivity contribution is -0.151. The number of esters is 1. The lowest BCUT2D eigenvalue weighted by Crippen LogP contribution is -2.42. The standard InChI is InChI=1S/C27H35N3O3S.C6H12O2.C2H6/c1-5-18(3)8-7-13-33-24(6-2)27(32)29-21(17-28)16-22-11-12-25(34-22)20-10-9-19-15-26(31)30(4)23(19)14-20;1-5(7)8-6(2,3)4;1-2/h9-12,14,18,21,24H,5-8,13,15-16H2,1-4H3,(H,29,32);1-4H3;1-2H3. The van der Waals surface area contributed by atoms with Crippen LogP contribution in [0.5, 0.6) is 0 Å². The van der Waals surface area contributed by atoms with Crippen molar-refractivity contribution >= 4 is 34.8 Å². The Bertz CT molecular complexity index is 1240. The third kappa shape index (κ3) is 13.2. The van der Waals surface area contributed by atoms with E-state index < -0.39 is 12.1 Å². The number of anilines is 1. The second-order valence-corrected chi connectivity index (χ2v) is 12.9. The van der Waals surface area contributed by atoms with Crippen molar-refractivity contribution in [2.75, 3.05) is 18.6 Å². The van der Waals surface area contributed by atoms with Crippen LogP contribution in [0, 0.1) is 17.2 Å². The molecule has 2 aromatic rings. The lowest BCUT2D eigenvalue weighted by atomic mass is 10.0. The highest BCUT2D eigenvalue weighted by Crippen LogP contribution is 2.35. The van der Waals surface area contributed by atoms with Gasteiger partial charge in [0, 0.05) is 42.4 Å². The molecule has 3 unspecified atom stereocenters. The van der Waals surface area contributed by atoms with E-state index in [1.807, 2.05) is 71.9 Å². The fourth-order valence-electron chi connectivity index (χ4n) is 4.50. The summed E-state index contributed by atoms with van der Waals surface area (Å²) in [5.41, 5.74) is 2.72. The van der Waals surface area contributed by atoms with Gasteiger partial charge in [-0.05, 0) is 75.3 Å². The number of nitriles is 1. The first kappa shape index (κ1) is 38.8. The van der Waals surface area contributed by atoms with Crippen LogP contribution in [0.3, 0.4) is 0 Å². The summed E-state index contributed by atoms with van der Waals surface area (Å²) < 4.78 is 10.6. The molecule has 0 saturated heterocycles. The van der Waals surface area contributed by atoms with Gasteiger partial charge < -0.3 is 19.7 Å². The molecule has 0 fully saturated rings. The van der Waals surface area contributed by atoms with Crippen LogP contribution in [0.15, 0.2) is 30.3 Å². The van der Waals surface area contributed by atoms with Crippen molar-refractivity contribution in [2.45, 2.75) is 119 Å². The van der Waals surface area contributed by atoms with E-state index in [4.69, 9.17) is 9.47 Å². The zero-order valence-corrected chi connectivity index (χ0v) is 29.2. The summed E-state index contributed by atoms with van der Waals surface area (Å²) in [6.45, 7) is 17.8. The molecule has 1 aliphatic rings. The highest BCUT2D eigenvalue weighted by molar-refractivity contribution is 7.15. The number of fused-ring (bicyclic) bond motifs is 1. The highest BCUT2D eigenvalue weighted by atomic mass is 32.1. The number of nitrogens with one attached hydrogen (secondary N) is 1.